The van der Waals surface area contributed by atoms with Crippen LogP contribution < -0.4 is 4.90 Å². The second kappa shape index (κ2) is 7.52. The van der Waals surface area contributed by atoms with Gasteiger partial charge in [0.1, 0.15) is 11.8 Å². The van der Waals surface area contributed by atoms with E-state index in [1.807, 2.05) is 18.2 Å². The Morgan fingerprint density at radius 1 is 1.09 bits per heavy atom. The smallest absolute Gasteiger partial charge is 0.226 e. The molecule has 1 fully saturated rings. The average molecular weight is 305 g/mol. The standard InChI is InChI=1S/C18H19N5/c19-15-17-8-9-20-18(21-17)23-13-11-22(12-14-23)10-4-7-16-5-2-1-3-6-16/h1-9H,10-14H2/b7-4+. The fraction of sp³-hybridized carbons (Fsp3) is 0.278. The first-order valence-electron chi connectivity index (χ1n) is 7.77. The molecule has 0 spiro atoms. The molecule has 0 aliphatic carbocycles. The summed E-state index contributed by atoms with van der Waals surface area (Å²) in [5.41, 5.74) is 1.65. The van der Waals surface area contributed by atoms with Crippen molar-refractivity contribution in [3.63, 3.8) is 0 Å². The number of aromatic nitrogens is 2. The van der Waals surface area contributed by atoms with E-state index in [4.69, 9.17) is 5.26 Å². The maximum Gasteiger partial charge on any atom is 0.226 e. The van der Waals surface area contributed by atoms with E-state index in [2.05, 4.69) is 50.1 Å². The zero-order chi connectivity index (χ0) is 15.9. The van der Waals surface area contributed by atoms with Crippen molar-refractivity contribution in [2.45, 2.75) is 0 Å². The van der Waals surface area contributed by atoms with E-state index < -0.39 is 0 Å². The van der Waals surface area contributed by atoms with E-state index in [0.29, 0.717) is 11.6 Å². The molecule has 3 rings (SSSR count). The van der Waals surface area contributed by atoms with Gasteiger partial charge in [0.25, 0.3) is 0 Å². The highest BCUT2D eigenvalue weighted by Crippen LogP contribution is 2.11. The molecule has 2 heterocycles. The van der Waals surface area contributed by atoms with Crippen LogP contribution in [-0.2, 0) is 0 Å². The molecule has 1 aliphatic heterocycles. The largest absolute Gasteiger partial charge is 0.338 e. The summed E-state index contributed by atoms with van der Waals surface area (Å²) < 4.78 is 0. The Hall–Kier alpha value is -2.71. The Balaban J connectivity index is 1.50. The lowest BCUT2D eigenvalue weighted by Gasteiger charge is -2.34. The molecule has 0 saturated carbocycles. The highest BCUT2D eigenvalue weighted by molar-refractivity contribution is 5.48. The molecule has 1 aromatic carbocycles. The van der Waals surface area contributed by atoms with Crippen molar-refractivity contribution in [2.75, 3.05) is 37.6 Å². The van der Waals surface area contributed by atoms with Crippen molar-refractivity contribution in [3.05, 3.63) is 59.9 Å². The fourth-order valence-corrected chi connectivity index (χ4v) is 2.60. The summed E-state index contributed by atoms with van der Waals surface area (Å²) in [6, 6.07) is 14.0. The number of benzene rings is 1. The summed E-state index contributed by atoms with van der Waals surface area (Å²) in [5.74, 6) is 0.656. The van der Waals surface area contributed by atoms with Crippen molar-refractivity contribution in [1.82, 2.24) is 14.9 Å². The highest BCUT2D eigenvalue weighted by atomic mass is 15.3. The lowest BCUT2D eigenvalue weighted by molar-refractivity contribution is 0.283. The van der Waals surface area contributed by atoms with Crippen molar-refractivity contribution >= 4 is 12.0 Å². The molecule has 0 unspecified atom stereocenters. The molecular weight excluding hydrogens is 286 g/mol. The van der Waals surface area contributed by atoms with Gasteiger partial charge in [-0.3, -0.25) is 4.90 Å². The van der Waals surface area contributed by atoms with E-state index in [-0.39, 0.29) is 0 Å². The van der Waals surface area contributed by atoms with Crippen LogP contribution in [0.3, 0.4) is 0 Å². The van der Waals surface area contributed by atoms with Gasteiger partial charge in [-0.25, -0.2) is 9.97 Å². The van der Waals surface area contributed by atoms with Gasteiger partial charge >= 0.3 is 0 Å². The zero-order valence-electron chi connectivity index (χ0n) is 13.0. The summed E-state index contributed by atoms with van der Waals surface area (Å²) in [6.45, 7) is 4.66. The minimum Gasteiger partial charge on any atom is -0.338 e. The second-order valence-corrected chi connectivity index (χ2v) is 5.45. The number of hydrogen-bond donors (Lipinski definition) is 0. The first kappa shape index (κ1) is 15.2. The van der Waals surface area contributed by atoms with Crippen LogP contribution in [0.15, 0.2) is 48.7 Å². The molecule has 1 aliphatic rings. The normalized spacial score (nSPS) is 15.7. The SMILES string of the molecule is N#Cc1ccnc(N2CCN(C/C=C/c3ccccc3)CC2)n1. The zero-order valence-corrected chi connectivity index (χ0v) is 13.0. The molecule has 5 heteroatoms. The van der Waals surface area contributed by atoms with Crippen LogP contribution in [0.4, 0.5) is 5.95 Å². The van der Waals surface area contributed by atoms with E-state index >= 15 is 0 Å². The lowest BCUT2D eigenvalue weighted by atomic mass is 10.2. The van der Waals surface area contributed by atoms with Gasteiger partial charge in [0.2, 0.25) is 5.95 Å². The fourth-order valence-electron chi connectivity index (χ4n) is 2.60. The van der Waals surface area contributed by atoms with Gasteiger partial charge in [0, 0.05) is 38.9 Å². The molecule has 0 amide bonds. The molecule has 0 bridgehead atoms. The van der Waals surface area contributed by atoms with Gasteiger partial charge in [-0.2, -0.15) is 5.26 Å². The predicted molar refractivity (Wildman–Crippen MR) is 90.9 cm³/mol. The molecule has 0 atom stereocenters. The quantitative estimate of drug-likeness (QED) is 0.866. The van der Waals surface area contributed by atoms with Crippen LogP contribution in [0.1, 0.15) is 11.3 Å². The van der Waals surface area contributed by atoms with Gasteiger partial charge in [-0.15, -0.1) is 0 Å². The second-order valence-electron chi connectivity index (χ2n) is 5.45. The Bertz CT molecular complexity index is 697. The van der Waals surface area contributed by atoms with Gasteiger partial charge in [0.05, 0.1) is 0 Å². The monoisotopic (exact) mass is 305 g/mol. The maximum atomic E-state index is 8.92. The van der Waals surface area contributed by atoms with Crippen LogP contribution in [0.2, 0.25) is 0 Å². The molecular formula is C18H19N5. The van der Waals surface area contributed by atoms with E-state index in [1.165, 1.54) is 5.56 Å². The Morgan fingerprint density at radius 3 is 2.61 bits per heavy atom. The number of nitriles is 1. The summed E-state index contributed by atoms with van der Waals surface area (Å²) in [6.07, 6.45) is 6.01. The summed E-state index contributed by atoms with van der Waals surface area (Å²) in [4.78, 5) is 13.1. The Morgan fingerprint density at radius 2 is 1.87 bits per heavy atom. The molecule has 0 N–H and O–H groups in total. The van der Waals surface area contributed by atoms with Gasteiger partial charge in [-0.05, 0) is 11.6 Å². The third kappa shape index (κ3) is 4.15. The topological polar surface area (TPSA) is 56.1 Å². The highest BCUT2D eigenvalue weighted by Gasteiger charge is 2.18. The van der Waals surface area contributed by atoms with Crippen LogP contribution >= 0.6 is 0 Å². The summed E-state index contributed by atoms with van der Waals surface area (Å²) in [5, 5.41) is 8.92. The van der Waals surface area contributed by atoms with E-state index in [0.717, 1.165) is 32.7 Å². The van der Waals surface area contributed by atoms with E-state index in [9.17, 15) is 0 Å². The minimum atomic E-state index is 0.420. The molecule has 116 valence electrons. The van der Waals surface area contributed by atoms with Crippen molar-refractivity contribution in [3.8, 4) is 6.07 Å². The van der Waals surface area contributed by atoms with Crippen molar-refractivity contribution < 1.29 is 0 Å². The van der Waals surface area contributed by atoms with Crippen LogP contribution in [0.5, 0.6) is 0 Å². The summed E-state index contributed by atoms with van der Waals surface area (Å²) in [7, 11) is 0. The molecule has 2 aromatic rings. The Kier molecular flexibility index (Phi) is 4.97. The van der Waals surface area contributed by atoms with Crippen molar-refractivity contribution in [2.24, 2.45) is 0 Å². The number of hydrogen-bond acceptors (Lipinski definition) is 5. The molecule has 1 aromatic heterocycles. The Labute approximate surface area is 136 Å². The van der Waals surface area contributed by atoms with Gasteiger partial charge in [-0.1, -0.05) is 42.5 Å². The maximum absolute atomic E-state index is 8.92. The average Bonchev–Trinajstić information content (AvgIpc) is 2.63. The summed E-state index contributed by atoms with van der Waals surface area (Å²) >= 11 is 0. The van der Waals surface area contributed by atoms with Crippen LogP contribution in [-0.4, -0.2) is 47.6 Å². The van der Waals surface area contributed by atoms with E-state index in [1.54, 1.807) is 12.3 Å². The van der Waals surface area contributed by atoms with Crippen LogP contribution in [0, 0.1) is 11.3 Å². The predicted octanol–water partition coefficient (Wildman–Crippen LogP) is 2.18. The molecule has 23 heavy (non-hydrogen) atoms. The minimum absolute atomic E-state index is 0.420. The van der Waals surface area contributed by atoms with Gasteiger partial charge < -0.3 is 4.90 Å². The number of anilines is 1. The number of piperazine rings is 1. The van der Waals surface area contributed by atoms with Crippen molar-refractivity contribution in [1.29, 1.82) is 5.26 Å². The molecule has 0 radical (unpaired) electrons. The number of rotatable bonds is 4. The lowest BCUT2D eigenvalue weighted by Crippen LogP contribution is -2.47. The third-order valence-corrected chi connectivity index (χ3v) is 3.89. The van der Waals surface area contributed by atoms with Gasteiger partial charge in [0.15, 0.2) is 0 Å². The first-order chi connectivity index (χ1) is 11.3. The molecule has 5 nitrogen and oxygen atoms in total. The first-order valence-corrected chi connectivity index (χ1v) is 7.77. The third-order valence-electron chi connectivity index (χ3n) is 3.89. The van der Waals surface area contributed by atoms with Crippen LogP contribution in [0.25, 0.3) is 6.08 Å². The molecule has 1 saturated heterocycles. The number of nitrogens with zero attached hydrogens (tertiary/aromatic N) is 5.